The highest BCUT2D eigenvalue weighted by molar-refractivity contribution is 7.92. The van der Waals surface area contributed by atoms with Crippen LogP contribution in [0.5, 0.6) is 0 Å². The van der Waals surface area contributed by atoms with E-state index < -0.39 is 21.9 Å². The van der Waals surface area contributed by atoms with Crippen molar-refractivity contribution in [3.05, 3.63) is 58.7 Å². The third-order valence-corrected chi connectivity index (χ3v) is 5.35. The summed E-state index contributed by atoms with van der Waals surface area (Å²) in [5.41, 5.74) is 3.69. The van der Waals surface area contributed by atoms with Gasteiger partial charge in [0.1, 0.15) is 6.54 Å². The molecular formula is C21H26N2O5S. The molecule has 0 saturated carbocycles. The largest absolute Gasteiger partial charge is 0.462 e. The first-order valence-corrected chi connectivity index (χ1v) is 11.0. The molecule has 0 aliphatic heterocycles. The number of carbonyl (C=O) groups excluding carboxylic acids is 2. The molecule has 0 radical (unpaired) electrons. The number of nitrogens with one attached hydrogen (secondary N) is 1. The Morgan fingerprint density at radius 1 is 1.03 bits per heavy atom. The summed E-state index contributed by atoms with van der Waals surface area (Å²) in [4.78, 5) is 24.6. The van der Waals surface area contributed by atoms with Crippen LogP contribution in [0, 0.1) is 20.8 Å². The van der Waals surface area contributed by atoms with Crippen LogP contribution in [0.1, 0.15) is 34.0 Å². The van der Waals surface area contributed by atoms with E-state index >= 15 is 0 Å². The Morgan fingerprint density at radius 2 is 1.66 bits per heavy atom. The number of ether oxygens (including phenoxy) is 1. The lowest BCUT2D eigenvalue weighted by atomic mass is 10.1. The molecule has 0 aromatic heterocycles. The highest BCUT2D eigenvalue weighted by atomic mass is 32.2. The molecule has 0 fully saturated rings. The summed E-state index contributed by atoms with van der Waals surface area (Å²) >= 11 is 0. The SMILES string of the molecule is CCOC(=O)c1ccc(C)c(NC(=O)CN(c2cc(C)cc(C)c2)S(C)(=O)=O)c1. The molecule has 0 unspecified atom stereocenters. The predicted molar refractivity (Wildman–Crippen MR) is 114 cm³/mol. The second-order valence-electron chi connectivity index (χ2n) is 6.91. The number of amides is 1. The number of anilines is 2. The van der Waals surface area contributed by atoms with Gasteiger partial charge in [-0.25, -0.2) is 13.2 Å². The van der Waals surface area contributed by atoms with Crippen LogP contribution >= 0.6 is 0 Å². The van der Waals surface area contributed by atoms with Gasteiger partial charge in [0.05, 0.1) is 24.1 Å². The third kappa shape index (κ3) is 6.05. The number of carbonyl (C=O) groups is 2. The first-order chi connectivity index (χ1) is 13.5. The quantitative estimate of drug-likeness (QED) is 0.697. The summed E-state index contributed by atoms with van der Waals surface area (Å²) in [5, 5.41) is 2.70. The average molecular weight is 419 g/mol. The summed E-state index contributed by atoms with van der Waals surface area (Å²) in [7, 11) is -3.68. The lowest BCUT2D eigenvalue weighted by Crippen LogP contribution is -2.37. The van der Waals surface area contributed by atoms with E-state index in [0.29, 0.717) is 16.9 Å². The fourth-order valence-corrected chi connectivity index (χ4v) is 3.75. The van der Waals surface area contributed by atoms with Crippen molar-refractivity contribution in [2.45, 2.75) is 27.7 Å². The number of hydrogen-bond acceptors (Lipinski definition) is 5. The zero-order chi connectivity index (χ0) is 21.8. The van der Waals surface area contributed by atoms with Gasteiger partial charge in [-0.3, -0.25) is 9.10 Å². The van der Waals surface area contributed by atoms with E-state index in [1.54, 1.807) is 38.1 Å². The van der Waals surface area contributed by atoms with E-state index in [0.717, 1.165) is 27.3 Å². The van der Waals surface area contributed by atoms with Crippen LogP contribution in [0.2, 0.25) is 0 Å². The summed E-state index contributed by atoms with van der Waals surface area (Å²) < 4.78 is 30.7. The Balaban J connectivity index is 2.27. The van der Waals surface area contributed by atoms with Gasteiger partial charge in [0.2, 0.25) is 15.9 Å². The van der Waals surface area contributed by atoms with Gasteiger partial charge in [-0.2, -0.15) is 0 Å². The van der Waals surface area contributed by atoms with E-state index in [4.69, 9.17) is 4.74 Å². The van der Waals surface area contributed by atoms with Gasteiger partial charge in [-0.15, -0.1) is 0 Å². The standard InChI is InChI=1S/C21H26N2O5S/c1-6-28-21(25)17-8-7-16(4)19(12-17)22-20(24)13-23(29(5,26)27)18-10-14(2)9-15(3)11-18/h7-12H,6,13H2,1-5H3,(H,22,24). The Labute approximate surface area is 171 Å². The van der Waals surface area contributed by atoms with E-state index in [9.17, 15) is 18.0 Å². The van der Waals surface area contributed by atoms with Gasteiger partial charge < -0.3 is 10.1 Å². The number of aryl methyl sites for hydroxylation is 3. The summed E-state index contributed by atoms with van der Waals surface area (Å²) in [5.74, 6) is -1.00. The van der Waals surface area contributed by atoms with E-state index in [1.165, 1.54) is 6.07 Å². The minimum atomic E-state index is -3.68. The normalized spacial score (nSPS) is 11.1. The Morgan fingerprint density at radius 3 is 2.21 bits per heavy atom. The van der Waals surface area contributed by atoms with E-state index in [2.05, 4.69) is 5.32 Å². The second kappa shape index (κ2) is 9.09. The number of rotatable bonds is 7. The van der Waals surface area contributed by atoms with Crippen molar-refractivity contribution in [1.29, 1.82) is 0 Å². The maximum absolute atomic E-state index is 12.6. The number of hydrogen-bond donors (Lipinski definition) is 1. The Hall–Kier alpha value is -2.87. The third-order valence-electron chi connectivity index (χ3n) is 4.20. The van der Waals surface area contributed by atoms with Crippen LogP contribution in [-0.2, 0) is 19.6 Å². The van der Waals surface area contributed by atoms with Crippen molar-refractivity contribution >= 4 is 33.3 Å². The first-order valence-electron chi connectivity index (χ1n) is 9.15. The molecule has 0 aliphatic rings. The highest BCUT2D eigenvalue weighted by Gasteiger charge is 2.22. The molecule has 2 aromatic carbocycles. The summed E-state index contributed by atoms with van der Waals surface area (Å²) in [6, 6.07) is 10.2. The van der Waals surface area contributed by atoms with Crippen LogP contribution in [0.4, 0.5) is 11.4 Å². The Bertz CT molecular complexity index is 1010. The molecule has 8 heteroatoms. The number of sulfonamides is 1. The molecular weight excluding hydrogens is 392 g/mol. The van der Waals surface area contributed by atoms with Crippen molar-refractivity contribution in [2.75, 3.05) is 29.0 Å². The van der Waals surface area contributed by atoms with Crippen LogP contribution in [0.15, 0.2) is 36.4 Å². The van der Waals surface area contributed by atoms with Gasteiger partial charge in [-0.05, 0) is 68.7 Å². The molecule has 7 nitrogen and oxygen atoms in total. The molecule has 2 rings (SSSR count). The lowest BCUT2D eigenvalue weighted by molar-refractivity contribution is -0.114. The van der Waals surface area contributed by atoms with Crippen molar-refractivity contribution in [3.63, 3.8) is 0 Å². The van der Waals surface area contributed by atoms with Crippen LogP contribution in [-0.4, -0.2) is 39.7 Å². The Kier molecular flexibility index (Phi) is 7.02. The second-order valence-corrected chi connectivity index (χ2v) is 8.82. The number of esters is 1. The van der Waals surface area contributed by atoms with Crippen LogP contribution in [0.3, 0.4) is 0 Å². The molecule has 1 N–H and O–H groups in total. The minimum absolute atomic E-state index is 0.244. The molecule has 0 atom stereocenters. The van der Waals surface area contributed by atoms with Crippen molar-refractivity contribution in [2.24, 2.45) is 0 Å². The zero-order valence-corrected chi connectivity index (χ0v) is 18.1. The maximum Gasteiger partial charge on any atom is 0.338 e. The molecule has 2 aromatic rings. The molecule has 29 heavy (non-hydrogen) atoms. The first kappa shape index (κ1) is 22.4. The molecule has 0 heterocycles. The smallest absolute Gasteiger partial charge is 0.338 e. The van der Waals surface area contributed by atoms with Crippen LogP contribution in [0.25, 0.3) is 0 Å². The van der Waals surface area contributed by atoms with Gasteiger partial charge >= 0.3 is 5.97 Å². The van der Waals surface area contributed by atoms with Gasteiger partial charge in [0, 0.05) is 5.69 Å². The lowest BCUT2D eigenvalue weighted by Gasteiger charge is -2.23. The van der Waals surface area contributed by atoms with E-state index in [-0.39, 0.29) is 13.2 Å². The molecule has 1 amide bonds. The predicted octanol–water partition coefficient (Wildman–Crippen LogP) is 3.19. The van der Waals surface area contributed by atoms with Gasteiger partial charge in [0.25, 0.3) is 0 Å². The van der Waals surface area contributed by atoms with Crippen molar-refractivity contribution in [3.8, 4) is 0 Å². The number of nitrogens with zero attached hydrogens (tertiary/aromatic N) is 1. The van der Waals surface area contributed by atoms with Gasteiger partial charge in [0.15, 0.2) is 0 Å². The van der Waals surface area contributed by atoms with Crippen molar-refractivity contribution in [1.82, 2.24) is 0 Å². The molecule has 0 saturated heterocycles. The molecule has 0 aliphatic carbocycles. The molecule has 0 bridgehead atoms. The number of benzene rings is 2. The topological polar surface area (TPSA) is 92.8 Å². The average Bonchev–Trinajstić information content (AvgIpc) is 2.60. The maximum atomic E-state index is 12.6. The summed E-state index contributed by atoms with van der Waals surface area (Å²) in [6.07, 6.45) is 1.06. The van der Waals surface area contributed by atoms with Crippen LogP contribution < -0.4 is 9.62 Å². The molecule has 0 spiro atoms. The minimum Gasteiger partial charge on any atom is -0.462 e. The van der Waals surface area contributed by atoms with Crippen molar-refractivity contribution < 1.29 is 22.7 Å². The zero-order valence-electron chi connectivity index (χ0n) is 17.3. The monoisotopic (exact) mass is 418 g/mol. The summed E-state index contributed by atoms with van der Waals surface area (Å²) in [6.45, 7) is 7.07. The van der Waals surface area contributed by atoms with E-state index in [1.807, 2.05) is 19.9 Å². The fraction of sp³-hybridized carbons (Fsp3) is 0.333. The molecule has 156 valence electrons. The van der Waals surface area contributed by atoms with Gasteiger partial charge in [-0.1, -0.05) is 12.1 Å². The highest BCUT2D eigenvalue weighted by Crippen LogP contribution is 2.22. The fourth-order valence-electron chi connectivity index (χ4n) is 2.91.